The van der Waals surface area contributed by atoms with Gasteiger partial charge >= 0.3 is 0 Å². The van der Waals surface area contributed by atoms with Crippen molar-refractivity contribution in [3.05, 3.63) is 35.9 Å². The molecule has 1 aromatic rings. The molecule has 0 N–H and O–H groups in total. The minimum Gasteiger partial charge on any atom is -0.0979 e. The summed E-state index contributed by atoms with van der Waals surface area (Å²) in [5, 5.41) is 0. The summed E-state index contributed by atoms with van der Waals surface area (Å²) in [6.45, 7) is 2.13. The number of rotatable bonds is 1. The number of benzene rings is 1. The van der Waals surface area contributed by atoms with Crippen molar-refractivity contribution in [3.63, 3.8) is 0 Å². The molecular weight excluding hydrogens is 132 g/mol. The Morgan fingerprint density at radius 3 is 3.00 bits per heavy atom. The first-order valence-electron chi connectivity index (χ1n) is 3.89. The van der Waals surface area contributed by atoms with Crippen molar-refractivity contribution in [2.75, 3.05) is 0 Å². The molecule has 0 aliphatic carbocycles. The van der Waals surface area contributed by atoms with Crippen LogP contribution < -0.4 is 0 Å². The van der Waals surface area contributed by atoms with Gasteiger partial charge in [0.15, 0.2) is 0 Å². The summed E-state index contributed by atoms with van der Waals surface area (Å²) < 4.78 is 0. The van der Waals surface area contributed by atoms with Gasteiger partial charge in [-0.2, -0.15) is 0 Å². The first-order chi connectivity index (χ1) is 5.43. The number of hydrogen-bond donors (Lipinski definition) is 0. The van der Waals surface area contributed by atoms with Crippen LogP contribution >= 0.6 is 0 Å². The molecule has 0 unspecified atom stereocenters. The van der Waals surface area contributed by atoms with Gasteiger partial charge in [0.05, 0.1) is 0 Å². The molecule has 0 saturated carbocycles. The van der Waals surface area contributed by atoms with E-state index >= 15 is 0 Å². The molecule has 1 rings (SSSR count). The lowest BCUT2D eigenvalue weighted by molar-refractivity contribution is 0.983. The molecule has 0 spiro atoms. The van der Waals surface area contributed by atoms with Crippen LogP contribution in [0.2, 0.25) is 0 Å². The van der Waals surface area contributed by atoms with E-state index in [1.807, 2.05) is 24.3 Å². The molecule has 0 aromatic heterocycles. The second-order valence-corrected chi connectivity index (χ2v) is 2.33. The van der Waals surface area contributed by atoms with E-state index in [4.69, 9.17) is 0 Å². The Morgan fingerprint density at radius 2 is 2.36 bits per heavy atom. The second-order valence-electron chi connectivity index (χ2n) is 2.33. The number of unbranched alkanes of at least 4 members (excludes halogenated alkanes) is 1. The van der Waals surface area contributed by atoms with Gasteiger partial charge in [-0.1, -0.05) is 37.0 Å². The molecule has 55 valence electrons. The second kappa shape index (κ2) is 4.57. The van der Waals surface area contributed by atoms with Crippen molar-refractivity contribution < 1.29 is 0 Å². The monoisotopic (exact) mass is 143 g/mol. The standard InChI is InChI=1S/C11H11/c1-2-3-5-8-11-9-6-4-7-10-11/h4,6-7,9H,2-3H2,1H3. The van der Waals surface area contributed by atoms with E-state index in [0.29, 0.717) is 0 Å². The topological polar surface area (TPSA) is 0 Å². The van der Waals surface area contributed by atoms with Crippen LogP contribution in [0.3, 0.4) is 0 Å². The zero-order valence-electron chi connectivity index (χ0n) is 6.72. The molecule has 0 nitrogen and oxygen atoms in total. The van der Waals surface area contributed by atoms with Crippen molar-refractivity contribution in [2.24, 2.45) is 0 Å². The van der Waals surface area contributed by atoms with Gasteiger partial charge in [0, 0.05) is 12.0 Å². The molecule has 0 heteroatoms. The van der Waals surface area contributed by atoms with Gasteiger partial charge in [0.2, 0.25) is 0 Å². The molecule has 0 amide bonds. The Bertz CT molecular complexity index is 248. The summed E-state index contributed by atoms with van der Waals surface area (Å²) in [6, 6.07) is 10.8. The van der Waals surface area contributed by atoms with Gasteiger partial charge in [-0.25, -0.2) is 0 Å². The van der Waals surface area contributed by atoms with E-state index in [2.05, 4.69) is 24.8 Å². The zero-order chi connectivity index (χ0) is 7.94. The fourth-order valence-electron chi connectivity index (χ4n) is 0.754. The maximum atomic E-state index is 3.07. The third-order valence-corrected chi connectivity index (χ3v) is 1.31. The maximum Gasteiger partial charge on any atom is 0.0324 e. The van der Waals surface area contributed by atoms with Crippen LogP contribution in [0.25, 0.3) is 0 Å². The molecular formula is C11H11. The maximum absolute atomic E-state index is 3.07. The van der Waals surface area contributed by atoms with E-state index in [-0.39, 0.29) is 0 Å². The van der Waals surface area contributed by atoms with Crippen LogP contribution in [0.4, 0.5) is 0 Å². The normalized spacial score (nSPS) is 8.45. The highest BCUT2D eigenvalue weighted by molar-refractivity contribution is 5.32. The first kappa shape index (κ1) is 7.88. The molecule has 0 bridgehead atoms. The smallest absolute Gasteiger partial charge is 0.0324 e. The van der Waals surface area contributed by atoms with Crippen molar-refractivity contribution in [1.29, 1.82) is 0 Å². The van der Waals surface area contributed by atoms with E-state index in [1.165, 1.54) is 0 Å². The van der Waals surface area contributed by atoms with Crippen molar-refractivity contribution in [2.45, 2.75) is 19.8 Å². The quantitative estimate of drug-likeness (QED) is 0.530. The molecule has 1 aromatic carbocycles. The summed E-state index contributed by atoms with van der Waals surface area (Å²) in [5.74, 6) is 6.11. The highest BCUT2D eigenvalue weighted by Crippen LogP contribution is 1.94. The SMILES string of the molecule is CCCC#Cc1[c]cccc1. The average Bonchev–Trinajstić information content (AvgIpc) is 2.07. The van der Waals surface area contributed by atoms with E-state index < -0.39 is 0 Å². The van der Waals surface area contributed by atoms with Crippen molar-refractivity contribution in [3.8, 4) is 11.8 Å². The molecule has 11 heavy (non-hydrogen) atoms. The van der Waals surface area contributed by atoms with Crippen LogP contribution in [0.15, 0.2) is 24.3 Å². The van der Waals surface area contributed by atoms with E-state index in [1.54, 1.807) is 0 Å². The minimum atomic E-state index is 0.975. The Balaban J connectivity index is 2.59. The lowest BCUT2D eigenvalue weighted by Crippen LogP contribution is -1.71. The average molecular weight is 143 g/mol. The van der Waals surface area contributed by atoms with Gasteiger partial charge in [-0.15, -0.1) is 0 Å². The highest BCUT2D eigenvalue weighted by atomic mass is 13.8. The van der Waals surface area contributed by atoms with Gasteiger partial charge in [-0.05, 0) is 18.6 Å². The van der Waals surface area contributed by atoms with Crippen LogP contribution in [0.5, 0.6) is 0 Å². The van der Waals surface area contributed by atoms with Gasteiger partial charge in [-0.3, -0.25) is 0 Å². The van der Waals surface area contributed by atoms with E-state index in [9.17, 15) is 0 Å². The Morgan fingerprint density at radius 1 is 1.45 bits per heavy atom. The van der Waals surface area contributed by atoms with Gasteiger partial charge in [0.1, 0.15) is 0 Å². The molecule has 0 saturated heterocycles. The van der Waals surface area contributed by atoms with Crippen LogP contribution in [-0.2, 0) is 0 Å². The summed E-state index contributed by atoms with van der Waals surface area (Å²) in [5.41, 5.74) is 0.987. The Labute approximate surface area is 68.3 Å². The van der Waals surface area contributed by atoms with Crippen LogP contribution in [0.1, 0.15) is 25.3 Å². The fraction of sp³-hybridized carbons (Fsp3) is 0.273. The lowest BCUT2D eigenvalue weighted by Gasteiger charge is -1.84. The van der Waals surface area contributed by atoms with Crippen molar-refractivity contribution >= 4 is 0 Å². The molecule has 0 heterocycles. The van der Waals surface area contributed by atoms with Crippen LogP contribution in [-0.4, -0.2) is 0 Å². The zero-order valence-corrected chi connectivity index (χ0v) is 6.72. The third-order valence-electron chi connectivity index (χ3n) is 1.31. The predicted molar refractivity (Wildman–Crippen MR) is 47.1 cm³/mol. The Kier molecular flexibility index (Phi) is 3.28. The summed E-state index contributed by atoms with van der Waals surface area (Å²) >= 11 is 0. The molecule has 0 aliphatic heterocycles. The molecule has 0 atom stereocenters. The van der Waals surface area contributed by atoms with E-state index in [0.717, 1.165) is 18.4 Å². The van der Waals surface area contributed by atoms with Crippen LogP contribution in [0, 0.1) is 17.9 Å². The molecule has 0 fully saturated rings. The van der Waals surface area contributed by atoms with Gasteiger partial charge < -0.3 is 0 Å². The first-order valence-corrected chi connectivity index (χ1v) is 3.89. The fourth-order valence-corrected chi connectivity index (χ4v) is 0.754. The third kappa shape index (κ3) is 2.91. The molecule has 1 radical (unpaired) electrons. The largest absolute Gasteiger partial charge is 0.0979 e. The lowest BCUT2D eigenvalue weighted by atomic mass is 10.2. The van der Waals surface area contributed by atoms with Gasteiger partial charge in [0.25, 0.3) is 0 Å². The van der Waals surface area contributed by atoms with Crippen molar-refractivity contribution in [1.82, 2.24) is 0 Å². The summed E-state index contributed by atoms with van der Waals surface area (Å²) in [4.78, 5) is 0. The summed E-state index contributed by atoms with van der Waals surface area (Å²) in [7, 11) is 0. The number of hydrogen-bond acceptors (Lipinski definition) is 0. The Hall–Kier alpha value is -1.22. The predicted octanol–water partition coefficient (Wildman–Crippen LogP) is 2.64. The highest BCUT2D eigenvalue weighted by Gasteiger charge is 1.80. The molecule has 0 aliphatic rings. The summed E-state index contributed by atoms with van der Waals surface area (Å²) in [6.07, 6.45) is 2.10. The minimum absolute atomic E-state index is 0.975.